The second-order valence-electron chi connectivity index (χ2n) is 13.5. The quantitative estimate of drug-likeness (QED) is 0.355. The average molecular weight is 427 g/mol. The van der Waals surface area contributed by atoms with Crippen molar-refractivity contribution in [2.75, 3.05) is 0 Å². The van der Waals surface area contributed by atoms with Crippen LogP contribution in [0.4, 0.5) is 0 Å². The molecule has 1 unspecified atom stereocenters. The van der Waals surface area contributed by atoms with Gasteiger partial charge >= 0.3 is 0 Å². The molecule has 0 heterocycles. The predicted octanol–water partition coefficient (Wildman–Crippen LogP) is 9.98. The minimum absolute atomic E-state index is 0.528. The molecule has 6 atom stereocenters. The SMILES string of the molecule is CCC1(CC)CCC[C@]2(C)C3=C(CCC12)[C@@H]1CC[C@H]([C@H](C)CCCC(C)C)[C@@]1(C)CC3. The minimum atomic E-state index is 0.528. The molecule has 0 amide bonds. The maximum Gasteiger partial charge on any atom is -0.00800 e. The van der Waals surface area contributed by atoms with Gasteiger partial charge in [0, 0.05) is 0 Å². The van der Waals surface area contributed by atoms with Crippen molar-refractivity contribution in [3.05, 3.63) is 11.1 Å². The zero-order valence-corrected chi connectivity index (χ0v) is 22.3. The highest BCUT2D eigenvalue weighted by Gasteiger charge is 2.58. The number of hydrogen-bond acceptors (Lipinski definition) is 0. The summed E-state index contributed by atoms with van der Waals surface area (Å²) < 4.78 is 0. The van der Waals surface area contributed by atoms with E-state index >= 15 is 0 Å². The van der Waals surface area contributed by atoms with E-state index < -0.39 is 0 Å². The highest BCUT2D eigenvalue weighted by molar-refractivity contribution is 5.35. The smallest absolute Gasteiger partial charge is 0.00800 e. The van der Waals surface area contributed by atoms with Gasteiger partial charge in [-0.1, -0.05) is 98.1 Å². The lowest BCUT2D eigenvalue weighted by molar-refractivity contribution is -0.0311. The monoisotopic (exact) mass is 426 g/mol. The summed E-state index contributed by atoms with van der Waals surface area (Å²) in [5.41, 5.74) is 5.77. The van der Waals surface area contributed by atoms with Crippen molar-refractivity contribution in [2.45, 2.75) is 138 Å². The fourth-order valence-electron chi connectivity index (χ4n) is 10.1. The van der Waals surface area contributed by atoms with E-state index in [1.165, 1.54) is 89.9 Å². The molecule has 0 aromatic heterocycles. The van der Waals surface area contributed by atoms with Crippen molar-refractivity contribution < 1.29 is 0 Å². The topological polar surface area (TPSA) is 0 Å². The molecule has 2 saturated carbocycles. The summed E-state index contributed by atoms with van der Waals surface area (Å²) in [7, 11) is 0. The molecule has 0 aromatic rings. The molecule has 4 rings (SSSR count). The lowest BCUT2D eigenvalue weighted by Crippen LogP contribution is -2.50. The van der Waals surface area contributed by atoms with Gasteiger partial charge in [-0.25, -0.2) is 0 Å². The van der Waals surface area contributed by atoms with Crippen LogP contribution in [-0.2, 0) is 0 Å². The largest absolute Gasteiger partial charge is 0.0668 e. The van der Waals surface area contributed by atoms with Crippen molar-refractivity contribution >= 4 is 0 Å². The van der Waals surface area contributed by atoms with Gasteiger partial charge in [0.15, 0.2) is 0 Å². The van der Waals surface area contributed by atoms with E-state index in [2.05, 4.69) is 48.5 Å². The Kier molecular flexibility index (Phi) is 6.80. The lowest BCUT2D eigenvalue weighted by atomic mass is 9.45. The van der Waals surface area contributed by atoms with Crippen LogP contribution in [0.1, 0.15) is 138 Å². The van der Waals surface area contributed by atoms with Crippen LogP contribution in [0.15, 0.2) is 11.1 Å². The summed E-state index contributed by atoms with van der Waals surface area (Å²) in [6.45, 7) is 17.9. The third-order valence-corrected chi connectivity index (χ3v) is 11.9. The van der Waals surface area contributed by atoms with Gasteiger partial charge in [0.2, 0.25) is 0 Å². The van der Waals surface area contributed by atoms with Gasteiger partial charge in [0.1, 0.15) is 0 Å². The average Bonchev–Trinajstić information content (AvgIpc) is 3.09. The first-order chi connectivity index (χ1) is 14.7. The van der Waals surface area contributed by atoms with Gasteiger partial charge in [-0.2, -0.15) is 0 Å². The summed E-state index contributed by atoms with van der Waals surface area (Å²) >= 11 is 0. The first kappa shape index (κ1) is 23.9. The van der Waals surface area contributed by atoms with Crippen LogP contribution in [0, 0.1) is 45.8 Å². The maximum absolute atomic E-state index is 2.73. The zero-order chi connectivity index (χ0) is 22.4. The molecule has 0 spiro atoms. The summed E-state index contributed by atoms with van der Waals surface area (Å²) in [5.74, 6) is 4.64. The maximum atomic E-state index is 2.73. The first-order valence-electron chi connectivity index (χ1n) is 14.4. The Morgan fingerprint density at radius 2 is 1.61 bits per heavy atom. The molecular weight excluding hydrogens is 372 g/mol. The van der Waals surface area contributed by atoms with E-state index in [4.69, 9.17) is 0 Å². The van der Waals surface area contributed by atoms with E-state index in [1.54, 1.807) is 0 Å². The fourth-order valence-corrected chi connectivity index (χ4v) is 10.1. The summed E-state index contributed by atoms with van der Waals surface area (Å²) in [5, 5.41) is 0. The van der Waals surface area contributed by atoms with Crippen molar-refractivity contribution in [1.29, 1.82) is 0 Å². The van der Waals surface area contributed by atoms with Crippen LogP contribution in [0.2, 0.25) is 0 Å². The molecule has 0 N–H and O–H groups in total. The Balaban J connectivity index is 1.57. The third kappa shape index (κ3) is 3.79. The van der Waals surface area contributed by atoms with Crippen molar-refractivity contribution in [1.82, 2.24) is 0 Å². The van der Waals surface area contributed by atoms with E-state index in [1.807, 2.05) is 11.1 Å². The normalized spacial score (nSPS) is 40.5. The first-order valence-corrected chi connectivity index (χ1v) is 14.4. The summed E-state index contributed by atoms with van der Waals surface area (Å²) in [4.78, 5) is 0. The number of rotatable bonds is 7. The number of hydrogen-bond donors (Lipinski definition) is 0. The molecule has 0 aliphatic heterocycles. The van der Waals surface area contributed by atoms with Crippen molar-refractivity contribution in [3.8, 4) is 0 Å². The number of allylic oxidation sites excluding steroid dienone is 2. The van der Waals surface area contributed by atoms with E-state index in [9.17, 15) is 0 Å². The van der Waals surface area contributed by atoms with Gasteiger partial charge in [0.05, 0.1) is 0 Å². The van der Waals surface area contributed by atoms with Gasteiger partial charge in [-0.3, -0.25) is 0 Å². The van der Waals surface area contributed by atoms with Crippen molar-refractivity contribution in [2.24, 2.45) is 45.8 Å². The molecule has 4 aliphatic rings. The fraction of sp³-hybridized carbons (Fsp3) is 0.935. The molecule has 0 aromatic carbocycles. The van der Waals surface area contributed by atoms with E-state index in [0.717, 1.165) is 29.6 Å². The number of fused-ring (bicyclic) bond motifs is 4. The van der Waals surface area contributed by atoms with E-state index in [-0.39, 0.29) is 0 Å². The molecule has 0 bridgehead atoms. The molecule has 178 valence electrons. The van der Waals surface area contributed by atoms with Crippen molar-refractivity contribution in [3.63, 3.8) is 0 Å². The van der Waals surface area contributed by atoms with E-state index in [0.29, 0.717) is 16.2 Å². The van der Waals surface area contributed by atoms with Crippen LogP contribution < -0.4 is 0 Å². The molecule has 4 aliphatic carbocycles. The standard InChI is InChI=1S/C31H54/c1-8-31(9-2)20-11-19-30(7)27-18-21-29(6)25(23(5)13-10-12-22(3)4)15-16-26(29)24(27)14-17-28(30)31/h22-23,25-26,28H,8-21H2,1-7H3/t23-,25-,26+,28?,29-,30-/m1/s1. The van der Waals surface area contributed by atoms with Gasteiger partial charge in [-0.15, -0.1) is 0 Å². The minimum Gasteiger partial charge on any atom is -0.0668 e. The summed E-state index contributed by atoms with van der Waals surface area (Å²) in [6.07, 6.45) is 20.5. The zero-order valence-electron chi connectivity index (χ0n) is 22.3. The molecule has 0 radical (unpaired) electrons. The Morgan fingerprint density at radius 1 is 0.871 bits per heavy atom. The molecule has 0 saturated heterocycles. The molecule has 0 heteroatoms. The van der Waals surface area contributed by atoms with Crippen LogP contribution >= 0.6 is 0 Å². The lowest BCUT2D eigenvalue weighted by Gasteiger charge is -2.60. The predicted molar refractivity (Wildman–Crippen MR) is 136 cm³/mol. The Morgan fingerprint density at radius 3 is 2.29 bits per heavy atom. The second kappa shape index (κ2) is 8.83. The highest BCUT2D eigenvalue weighted by atomic mass is 14.6. The van der Waals surface area contributed by atoms with Crippen LogP contribution in [-0.4, -0.2) is 0 Å². The van der Waals surface area contributed by atoms with Gasteiger partial charge < -0.3 is 0 Å². The molecule has 0 nitrogen and oxygen atoms in total. The van der Waals surface area contributed by atoms with Gasteiger partial charge in [-0.05, 0) is 97.2 Å². The van der Waals surface area contributed by atoms with Crippen LogP contribution in [0.25, 0.3) is 0 Å². The molecule has 2 fully saturated rings. The van der Waals surface area contributed by atoms with Crippen LogP contribution in [0.3, 0.4) is 0 Å². The molecule has 31 heavy (non-hydrogen) atoms. The highest BCUT2D eigenvalue weighted by Crippen LogP contribution is 2.69. The summed E-state index contributed by atoms with van der Waals surface area (Å²) in [6, 6.07) is 0. The second-order valence-corrected chi connectivity index (χ2v) is 13.5. The van der Waals surface area contributed by atoms with Gasteiger partial charge in [0.25, 0.3) is 0 Å². The Hall–Kier alpha value is -0.260. The third-order valence-electron chi connectivity index (χ3n) is 11.9. The molecular formula is C31H54. The van der Waals surface area contributed by atoms with Crippen LogP contribution in [0.5, 0.6) is 0 Å². The Bertz CT molecular complexity index is 664. The Labute approximate surface area is 195 Å².